The molecule has 2 aromatic carbocycles. The molecule has 12 nitrogen and oxygen atoms in total. The van der Waals surface area contributed by atoms with Gasteiger partial charge in [-0.15, -0.1) is 0 Å². The third-order valence-electron chi connectivity index (χ3n) is 3.23. The average molecular weight is 406 g/mol. The van der Waals surface area contributed by atoms with Crippen LogP contribution in [-0.4, -0.2) is 35.4 Å². The summed E-state index contributed by atoms with van der Waals surface area (Å²) in [5, 5.41) is 21.1. The highest BCUT2D eigenvalue weighted by Gasteiger charge is 2.11. The molecule has 0 heterocycles. The van der Waals surface area contributed by atoms with Crippen molar-refractivity contribution < 1.29 is 38.4 Å². The van der Waals surface area contributed by atoms with Crippen LogP contribution in [0.4, 0.5) is 21.0 Å². The van der Waals surface area contributed by atoms with Crippen molar-refractivity contribution >= 4 is 23.7 Å². The first-order valence-electron chi connectivity index (χ1n) is 8.03. The number of hydrogen-bond donors (Lipinski definition) is 0. The van der Waals surface area contributed by atoms with Crippen molar-refractivity contribution in [3.05, 3.63) is 68.8 Å². The van der Waals surface area contributed by atoms with Crippen molar-refractivity contribution in [3.63, 3.8) is 0 Å². The van der Waals surface area contributed by atoms with Crippen LogP contribution in [-0.2, 0) is 9.47 Å². The first-order valence-corrected chi connectivity index (χ1v) is 8.03. The molecule has 0 fully saturated rings. The number of nitro groups is 2. The average Bonchev–Trinajstić information content (AvgIpc) is 2.68. The molecule has 2 rings (SSSR count). The van der Waals surface area contributed by atoms with Crippen LogP contribution in [0.15, 0.2) is 48.5 Å². The predicted molar refractivity (Wildman–Crippen MR) is 94.8 cm³/mol. The standard InChI is InChI=1S/C17H14N2O10/c20-16(28-14-6-2-12(3-7-14)18(22)23)26-10-1-11-27-17(21)29-15-8-4-13(5-9-15)19(24)25/h2-9H,1,10-11H2. The zero-order chi connectivity index (χ0) is 21.2. The number of ether oxygens (including phenoxy) is 4. The van der Waals surface area contributed by atoms with Crippen molar-refractivity contribution in [2.75, 3.05) is 13.2 Å². The SMILES string of the molecule is O=C(OCCCOC(=O)Oc1ccc([N+](=O)[O-])cc1)Oc1ccc([N+](=O)[O-])cc1. The molecule has 0 saturated carbocycles. The van der Waals surface area contributed by atoms with E-state index >= 15 is 0 Å². The van der Waals surface area contributed by atoms with E-state index in [2.05, 4.69) is 0 Å². The topological polar surface area (TPSA) is 157 Å². The Balaban J connectivity index is 1.62. The number of non-ortho nitro benzene ring substituents is 2. The molecule has 152 valence electrons. The molecule has 12 heteroatoms. The van der Waals surface area contributed by atoms with Crippen LogP contribution in [0.5, 0.6) is 11.5 Å². The third-order valence-corrected chi connectivity index (χ3v) is 3.23. The maximum absolute atomic E-state index is 11.5. The van der Waals surface area contributed by atoms with Gasteiger partial charge in [-0.2, -0.15) is 0 Å². The first-order chi connectivity index (χ1) is 13.8. The van der Waals surface area contributed by atoms with Crippen LogP contribution in [0, 0.1) is 20.2 Å². The van der Waals surface area contributed by atoms with E-state index in [0.717, 1.165) is 0 Å². The summed E-state index contributed by atoms with van der Waals surface area (Å²) in [6.07, 6.45) is -1.88. The van der Waals surface area contributed by atoms with Gasteiger partial charge >= 0.3 is 12.3 Å². The fourth-order valence-electron chi connectivity index (χ4n) is 1.89. The number of rotatable bonds is 8. The Kier molecular flexibility index (Phi) is 7.42. The maximum atomic E-state index is 11.5. The second kappa shape index (κ2) is 10.2. The molecule has 0 bridgehead atoms. The summed E-state index contributed by atoms with van der Waals surface area (Å²) in [5.41, 5.74) is -0.299. The summed E-state index contributed by atoms with van der Waals surface area (Å²) in [6.45, 7) is -0.229. The summed E-state index contributed by atoms with van der Waals surface area (Å²) in [5.74, 6) is 0.145. The summed E-state index contributed by atoms with van der Waals surface area (Å²) >= 11 is 0. The van der Waals surface area contributed by atoms with Crippen molar-refractivity contribution in [1.82, 2.24) is 0 Å². The van der Waals surface area contributed by atoms with Crippen LogP contribution in [0.2, 0.25) is 0 Å². The van der Waals surface area contributed by atoms with Crippen molar-refractivity contribution in [3.8, 4) is 11.5 Å². The molecule has 0 atom stereocenters. The lowest BCUT2D eigenvalue weighted by atomic mass is 10.3. The monoisotopic (exact) mass is 406 g/mol. The van der Waals surface area contributed by atoms with Gasteiger partial charge in [-0.25, -0.2) is 9.59 Å². The number of carbonyl (C=O) groups is 2. The van der Waals surface area contributed by atoms with E-state index in [1.807, 2.05) is 0 Å². The van der Waals surface area contributed by atoms with Crippen molar-refractivity contribution in [2.24, 2.45) is 0 Å². The fourth-order valence-corrected chi connectivity index (χ4v) is 1.89. The Bertz CT molecular complexity index is 807. The molecule has 0 amide bonds. The van der Waals surface area contributed by atoms with Crippen molar-refractivity contribution in [1.29, 1.82) is 0 Å². The van der Waals surface area contributed by atoms with E-state index in [1.54, 1.807) is 0 Å². The van der Waals surface area contributed by atoms with E-state index in [0.29, 0.717) is 0 Å². The van der Waals surface area contributed by atoms with Crippen LogP contribution in [0.25, 0.3) is 0 Å². The molecule has 0 aliphatic carbocycles. The predicted octanol–water partition coefficient (Wildman–Crippen LogP) is 3.62. The summed E-state index contributed by atoms with van der Waals surface area (Å²) in [7, 11) is 0. The van der Waals surface area contributed by atoms with Gasteiger partial charge in [0.1, 0.15) is 11.5 Å². The Labute approximate surface area is 162 Å². The minimum absolute atomic E-state index is 0.0727. The highest BCUT2D eigenvalue weighted by atomic mass is 16.7. The number of carbonyl (C=O) groups excluding carboxylic acids is 2. The molecular weight excluding hydrogens is 392 g/mol. The molecule has 0 aliphatic rings. The largest absolute Gasteiger partial charge is 0.513 e. The molecule has 0 spiro atoms. The smallest absolute Gasteiger partial charge is 0.434 e. The molecule has 0 unspecified atom stereocenters. The molecule has 0 aliphatic heterocycles. The van der Waals surface area contributed by atoms with Crippen LogP contribution >= 0.6 is 0 Å². The van der Waals surface area contributed by atoms with E-state index in [-0.39, 0.29) is 42.5 Å². The molecule has 0 radical (unpaired) electrons. The lowest BCUT2D eigenvalue weighted by Gasteiger charge is -2.07. The normalized spacial score (nSPS) is 9.93. The Morgan fingerprint density at radius 1 is 0.690 bits per heavy atom. The zero-order valence-electron chi connectivity index (χ0n) is 14.7. The molecule has 0 N–H and O–H groups in total. The van der Waals surface area contributed by atoms with E-state index in [4.69, 9.17) is 18.9 Å². The van der Waals surface area contributed by atoms with Gasteiger partial charge in [-0.3, -0.25) is 20.2 Å². The molecule has 29 heavy (non-hydrogen) atoms. The summed E-state index contributed by atoms with van der Waals surface area (Å²) in [6, 6.07) is 9.68. The molecule has 0 aromatic heterocycles. The van der Waals surface area contributed by atoms with Gasteiger partial charge in [-0.1, -0.05) is 0 Å². The fraction of sp³-hybridized carbons (Fsp3) is 0.176. The summed E-state index contributed by atoms with van der Waals surface area (Å²) < 4.78 is 19.2. The van der Waals surface area contributed by atoms with Gasteiger partial charge in [0.25, 0.3) is 11.4 Å². The summed E-state index contributed by atoms with van der Waals surface area (Å²) in [4.78, 5) is 42.9. The third kappa shape index (κ3) is 7.13. The minimum atomic E-state index is -1.02. The second-order valence-electron chi connectivity index (χ2n) is 5.26. The zero-order valence-corrected chi connectivity index (χ0v) is 14.7. The van der Waals surface area contributed by atoms with Gasteiger partial charge in [-0.05, 0) is 24.3 Å². The molecular formula is C17H14N2O10. The second-order valence-corrected chi connectivity index (χ2v) is 5.26. The Morgan fingerprint density at radius 3 is 1.34 bits per heavy atom. The van der Waals surface area contributed by atoms with Gasteiger partial charge < -0.3 is 18.9 Å². The lowest BCUT2D eigenvalue weighted by molar-refractivity contribution is -0.385. The minimum Gasteiger partial charge on any atom is -0.434 e. The van der Waals surface area contributed by atoms with E-state index in [9.17, 15) is 29.8 Å². The van der Waals surface area contributed by atoms with Gasteiger partial charge in [0.15, 0.2) is 0 Å². The highest BCUT2D eigenvalue weighted by molar-refractivity contribution is 5.64. The molecule has 0 saturated heterocycles. The quantitative estimate of drug-likeness (QED) is 0.208. The Morgan fingerprint density at radius 2 is 1.03 bits per heavy atom. The van der Waals surface area contributed by atoms with E-state index in [1.165, 1.54) is 48.5 Å². The number of nitrogens with zero attached hydrogens (tertiary/aromatic N) is 2. The van der Waals surface area contributed by atoms with E-state index < -0.39 is 22.2 Å². The van der Waals surface area contributed by atoms with Crippen LogP contribution in [0.1, 0.15) is 6.42 Å². The van der Waals surface area contributed by atoms with Gasteiger partial charge in [0.05, 0.1) is 23.1 Å². The molecule has 2 aromatic rings. The number of nitro benzene ring substituents is 2. The highest BCUT2D eigenvalue weighted by Crippen LogP contribution is 2.18. The van der Waals surface area contributed by atoms with Crippen LogP contribution < -0.4 is 9.47 Å². The number of hydrogen-bond acceptors (Lipinski definition) is 10. The Hall–Kier alpha value is -4.22. The van der Waals surface area contributed by atoms with Gasteiger partial charge in [0, 0.05) is 30.7 Å². The first kappa shape index (κ1) is 21.1. The van der Waals surface area contributed by atoms with Gasteiger partial charge in [0.2, 0.25) is 0 Å². The maximum Gasteiger partial charge on any atom is 0.513 e. The lowest BCUT2D eigenvalue weighted by Crippen LogP contribution is -2.15. The van der Waals surface area contributed by atoms with Crippen molar-refractivity contribution in [2.45, 2.75) is 6.42 Å². The number of benzene rings is 2. The van der Waals surface area contributed by atoms with Crippen LogP contribution in [0.3, 0.4) is 0 Å².